The Morgan fingerprint density at radius 3 is 2.62 bits per heavy atom. The van der Waals surface area contributed by atoms with E-state index in [9.17, 15) is 9.90 Å². The summed E-state index contributed by atoms with van der Waals surface area (Å²) in [6, 6.07) is 11.0. The highest BCUT2D eigenvalue weighted by molar-refractivity contribution is 6.32. The molecule has 0 aliphatic heterocycles. The Morgan fingerprint density at radius 1 is 1.15 bits per heavy atom. The lowest BCUT2D eigenvalue weighted by Crippen LogP contribution is -2.13. The number of aromatic hydroxyl groups is 1. The second-order valence-corrected chi connectivity index (χ2v) is 5.68. The summed E-state index contributed by atoms with van der Waals surface area (Å²) in [6.45, 7) is 0. The summed E-state index contributed by atoms with van der Waals surface area (Å²) in [5, 5.41) is 16.3. The number of nitrogens with zero attached hydrogens (tertiary/aromatic N) is 1. The van der Waals surface area contributed by atoms with Gasteiger partial charge in [0, 0.05) is 23.8 Å². The Hall–Kier alpha value is -3.19. The molecular formula is C18H15ClN2O5. The lowest BCUT2D eigenvalue weighted by molar-refractivity contribution is 0.101. The van der Waals surface area contributed by atoms with E-state index in [2.05, 4.69) is 10.5 Å². The first-order valence-electron chi connectivity index (χ1n) is 7.51. The van der Waals surface area contributed by atoms with Crippen LogP contribution in [0.5, 0.6) is 17.2 Å². The number of hydrogen-bond acceptors (Lipinski definition) is 6. The van der Waals surface area contributed by atoms with Crippen LogP contribution in [-0.2, 0) is 0 Å². The van der Waals surface area contributed by atoms with E-state index in [1.807, 2.05) is 0 Å². The standard InChI is InChI=1S/C18H15ClN2O5/c1-24-16-8-13(17(25-2)7-12(16)19)20-18(23)14-9-15(26-21-14)10-4-3-5-11(22)6-10/h3-9,22H,1-2H3,(H,20,23). The van der Waals surface area contributed by atoms with Crippen molar-refractivity contribution in [3.05, 3.63) is 53.2 Å². The van der Waals surface area contributed by atoms with E-state index in [4.69, 9.17) is 25.6 Å². The number of amides is 1. The van der Waals surface area contributed by atoms with Crippen molar-refractivity contribution in [2.45, 2.75) is 0 Å². The number of aromatic nitrogens is 1. The number of nitrogens with one attached hydrogen (secondary N) is 1. The van der Waals surface area contributed by atoms with Crippen molar-refractivity contribution in [3.63, 3.8) is 0 Å². The minimum absolute atomic E-state index is 0.0688. The SMILES string of the molecule is COc1cc(NC(=O)c2cc(-c3cccc(O)c3)on2)c(OC)cc1Cl. The van der Waals surface area contributed by atoms with Crippen molar-refractivity contribution >= 4 is 23.2 Å². The molecular weight excluding hydrogens is 360 g/mol. The van der Waals surface area contributed by atoms with Gasteiger partial charge in [0.1, 0.15) is 17.2 Å². The van der Waals surface area contributed by atoms with Crippen LogP contribution in [0.25, 0.3) is 11.3 Å². The van der Waals surface area contributed by atoms with Gasteiger partial charge in [-0.2, -0.15) is 0 Å². The summed E-state index contributed by atoms with van der Waals surface area (Å²) < 4.78 is 15.6. The van der Waals surface area contributed by atoms with Gasteiger partial charge in [-0.3, -0.25) is 4.79 Å². The van der Waals surface area contributed by atoms with Crippen molar-refractivity contribution in [1.82, 2.24) is 5.16 Å². The minimum Gasteiger partial charge on any atom is -0.508 e. The van der Waals surface area contributed by atoms with Gasteiger partial charge in [0.05, 0.1) is 24.9 Å². The highest BCUT2D eigenvalue weighted by atomic mass is 35.5. The molecule has 0 spiro atoms. The van der Waals surface area contributed by atoms with Gasteiger partial charge in [0.25, 0.3) is 5.91 Å². The summed E-state index contributed by atoms with van der Waals surface area (Å²) in [5.74, 6) is 0.710. The lowest BCUT2D eigenvalue weighted by atomic mass is 10.1. The third kappa shape index (κ3) is 3.57. The van der Waals surface area contributed by atoms with E-state index >= 15 is 0 Å². The van der Waals surface area contributed by atoms with Crippen LogP contribution in [0.4, 0.5) is 5.69 Å². The summed E-state index contributed by atoms with van der Waals surface area (Å²) in [4.78, 5) is 12.5. The van der Waals surface area contributed by atoms with E-state index in [1.165, 1.54) is 38.5 Å². The van der Waals surface area contributed by atoms with Gasteiger partial charge in [0.2, 0.25) is 0 Å². The molecule has 2 N–H and O–H groups in total. The average Bonchev–Trinajstić information content (AvgIpc) is 3.13. The molecule has 1 aromatic heterocycles. The molecule has 134 valence electrons. The van der Waals surface area contributed by atoms with Crippen molar-refractivity contribution in [2.24, 2.45) is 0 Å². The molecule has 2 aromatic carbocycles. The van der Waals surface area contributed by atoms with Crippen LogP contribution in [0.2, 0.25) is 5.02 Å². The number of phenolic OH excluding ortho intramolecular Hbond substituents is 1. The van der Waals surface area contributed by atoms with Gasteiger partial charge in [-0.1, -0.05) is 28.9 Å². The topological polar surface area (TPSA) is 93.8 Å². The lowest BCUT2D eigenvalue weighted by Gasteiger charge is -2.12. The Labute approximate surface area is 154 Å². The van der Waals surface area contributed by atoms with Crippen molar-refractivity contribution < 1.29 is 23.9 Å². The smallest absolute Gasteiger partial charge is 0.277 e. The normalized spacial score (nSPS) is 10.4. The zero-order valence-electron chi connectivity index (χ0n) is 13.9. The molecule has 7 nitrogen and oxygen atoms in total. The molecule has 0 fully saturated rings. The highest BCUT2D eigenvalue weighted by Crippen LogP contribution is 2.36. The van der Waals surface area contributed by atoms with Crippen LogP contribution in [-0.4, -0.2) is 30.4 Å². The number of rotatable bonds is 5. The second kappa shape index (κ2) is 7.37. The van der Waals surface area contributed by atoms with Gasteiger partial charge in [-0.25, -0.2) is 0 Å². The molecule has 0 radical (unpaired) electrons. The molecule has 1 heterocycles. The predicted octanol–water partition coefficient (Wildman–Crippen LogP) is 3.97. The number of halogens is 1. The number of ether oxygens (including phenoxy) is 2. The van der Waals surface area contributed by atoms with Crippen LogP contribution in [0.1, 0.15) is 10.5 Å². The van der Waals surface area contributed by atoms with Crippen LogP contribution >= 0.6 is 11.6 Å². The molecule has 0 saturated carbocycles. The van der Waals surface area contributed by atoms with Crippen LogP contribution < -0.4 is 14.8 Å². The summed E-state index contributed by atoms with van der Waals surface area (Å²) in [6.07, 6.45) is 0. The third-order valence-electron chi connectivity index (χ3n) is 3.60. The first-order chi connectivity index (χ1) is 12.5. The van der Waals surface area contributed by atoms with E-state index < -0.39 is 5.91 Å². The van der Waals surface area contributed by atoms with Crippen molar-refractivity contribution in [2.75, 3.05) is 19.5 Å². The van der Waals surface area contributed by atoms with Gasteiger partial charge < -0.3 is 24.4 Å². The van der Waals surface area contributed by atoms with E-state index in [0.717, 1.165) is 0 Å². The highest BCUT2D eigenvalue weighted by Gasteiger charge is 2.17. The monoisotopic (exact) mass is 374 g/mol. The fraction of sp³-hybridized carbons (Fsp3) is 0.111. The van der Waals surface area contributed by atoms with Gasteiger partial charge in [-0.15, -0.1) is 0 Å². The van der Waals surface area contributed by atoms with E-state index in [0.29, 0.717) is 33.5 Å². The molecule has 26 heavy (non-hydrogen) atoms. The quantitative estimate of drug-likeness (QED) is 0.701. The van der Waals surface area contributed by atoms with E-state index in [1.54, 1.807) is 18.2 Å². The van der Waals surface area contributed by atoms with Crippen molar-refractivity contribution in [1.29, 1.82) is 0 Å². The maximum absolute atomic E-state index is 12.5. The third-order valence-corrected chi connectivity index (χ3v) is 3.89. The van der Waals surface area contributed by atoms with Gasteiger partial charge in [0.15, 0.2) is 11.5 Å². The van der Waals surface area contributed by atoms with Crippen LogP contribution in [0, 0.1) is 0 Å². The molecule has 1 amide bonds. The molecule has 0 saturated heterocycles. The number of phenols is 1. The number of carbonyl (C=O) groups is 1. The summed E-state index contributed by atoms with van der Waals surface area (Å²) in [7, 11) is 2.93. The molecule has 0 atom stereocenters. The molecule has 0 bridgehead atoms. The average molecular weight is 375 g/mol. The number of benzene rings is 2. The van der Waals surface area contributed by atoms with Crippen LogP contribution in [0.3, 0.4) is 0 Å². The van der Waals surface area contributed by atoms with E-state index in [-0.39, 0.29) is 11.4 Å². The fourth-order valence-corrected chi connectivity index (χ4v) is 2.55. The maximum Gasteiger partial charge on any atom is 0.277 e. The number of anilines is 1. The molecule has 8 heteroatoms. The molecule has 0 aliphatic carbocycles. The van der Waals surface area contributed by atoms with Gasteiger partial charge >= 0.3 is 0 Å². The second-order valence-electron chi connectivity index (χ2n) is 5.27. The van der Waals surface area contributed by atoms with Gasteiger partial charge in [-0.05, 0) is 12.1 Å². The predicted molar refractivity (Wildman–Crippen MR) is 96.1 cm³/mol. The maximum atomic E-state index is 12.5. The zero-order valence-corrected chi connectivity index (χ0v) is 14.7. The van der Waals surface area contributed by atoms with Crippen molar-refractivity contribution in [3.8, 4) is 28.6 Å². The molecule has 0 unspecified atom stereocenters. The Morgan fingerprint density at radius 2 is 1.92 bits per heavy atom. The Kier molecular flexibility index (Phi) is 4.99. The minimum atomic E-state index is -0.497. The first-order valence-corrected chi connectivity index (χ1v) is 7.88. The molecule has 0 aliphatic rings. The Bertz CT molecular complexity index is 955. The molecule has 3 aromatic rings. The fourth-order valence-electron chi connectivity index (χ4n) is 2.32. The first kappa shape index (κ1) is 17.6. The molecule has 3 rings (SSSR count). The summed E-state index contributed by atoms with van der Waals surface area (Å²) in [5.41, 5.74) is 1.04. The number of carbonyl (C=O) groups excluding carboxylic acids is 1. The number of methoxy groups -OCH3 is 2. The number of hydrogen-bond donors (Lipinski definition) is 2. The zero-order chi connectivity index (χ0) is 18.7. The summed E-state index contributed by atoms with van der Waals surface area (Å²) >= 11 is 6.05. The largest absolute Gasteiger partial charge is 0.508 e. The van der Waals surface area contributed by atoms with Crippen LogP contribution in [0.15, 0.2) is 47.0 Å². The Balaban J connectivity index is 1.85.